The van der Waals surface area contributed by atoms with E-state index in [-0.39, 0.29) is 12.4 Å². The van der Waals surface area contributed by atoms with Crippen LogP contribution in [0.15, 0.2) is 18.7 Å². The SMILES string of the molecule is C=Cc1c(CC(=O)OCC)c2nc(C)ccc2n1C(=O)OC(C)(C)C. The van der Waals surface area contributed by atoms with E-state index in [0.717, 1.165) is 5.69 Å². The van der Waals surface area contributed by atoms with E-state index < -0.39 is 11.7 Å². The van der Waals surface area contributed by atoms with Gasteiger partial charge >= 0.3 is 12.1 Å². The van der Waals surface area contributed by atoms with Crippen molar-refractivity contribution in [2.45, 2.75) is 46.6 Å². The van der Waals surface area contributed by atoms with E-state index in [1.54, 1.807) is 33.8 Å². The molecule has 0 bridgehead atoms. The lowest BCUT2D eigenvalue weighted by atomic mass is 10.1. The summed E-state index contributed by atoms with van der Waals surface area (Å²) in [5.41, 5.74) is 2.40. The highest BCUT2D eigenvalue weighted by Crippen LogP contribution is 2.28. The summed E-state index contributed by atoms with van der Waals surface area (Å²) in [6, 6.07) is 3.60. The molecule has 2 aromatic rings. The molecule has 2 rings (SSSR count). The molecule has 0 spiro atoms. The van der Waals surface area contributed by atoms with Gasteiger partial charge in [0, 0.05) is 11.3 Å². The van der Waals surface area contributed by atoms with Crippen LogP contribution < -0.4 is 0 Å². The van der Waals surface area contributed by atoms with E-state index in [9.17, 15) is 9.59 Å². The predicted octanol–water partition coefficient (Wildman–Crippen LogP) is 3.88. The molecule has 0 amide bonds. The third kappa shape index (κ3) is 4.07. The van der Waals surface area contributed by atoms with Crippen molar-refractivity contribution in [2.75, 3.05) is 6.61 Å². The van der Waals surface area contributed by atoms with Crippen LogP contribution >= 0.6 is 0 Å². The van der Waals surface area contributed by atoms with Crippen molar-refractivity contribution >= 4 is 29.2 Å². The molecular weight excluding hydrogens is 320 g/mol. The van der Waals surface area contributed by atoms with Crippen molar-refractivity contribution in [3.8, 4) is 0 Å². The molecular formula is C19H24N2O4. The van der Waals surface area contributed by atoms with Crippen LogP contribution in [0.25, 0.3) is 17.1 Å². The van der Waals surface area contributed by atoms with Crippen molar-refractivity contribution in [3.05, 3.63) is 35.7 Å². The molecule has 6 heteroatoms. The second-order valence-electron chi connectivity index (χ2n) is 6.69. The van der Waals surface area contributed by atoms with Gasteiger partial charge in [-0.1, -0.05) is 6.58 Å². The Morgan fingerprint density at radius 2 is 2.00 bits per heavy atom. The Morgan fingerprint density at radius 3 is 2.56 bits per heavy atom. The lowest BCUT2D eigenvalue weighted by molar-refractivity contribution is -0.142. The van der Waals surface area contributed by atoms with Crippen LogP contribution in [0.4, 0.5) is 4.79 Å². The van der Waals surface area contributed by atoms with E-state index in [1.807, 2.05) is 13.0 Å². The summed E-state index contributed by atoms with van der Waals surface area (Å²) >= 11 is 0. The summed E-state index contributed by atoms with van der Waals surface area (Å²) in [6.45, 7) is 13.1. The number of esters is 1. The first kappa shape index (κ1) is 18.7. The fraction of sp³-hybridized carbons (Fsp3) is 0.421. The summed E-state index contributed by atoms with van der Waals surface area (Å²) in [4.78, 5) is 29.2. The molecule has 0 N–H and O–H groups in total. The van der Waals surface area contributed by atoms with E-state index in [2.05, 4.69) is 11.6 Å². The number of pyridine rings is 1. The normalized spacial score (nSPS) is 11.4. The maximum atomic E-state index is 12.7. The number of fused-ring (bicyclic) bond motifs is 1. The van der Waals surface area contributed by atoms with Gasteiger partial charge in [0.1, 0.15) is 5.60 Å². The molecule has 2 heterocycles. The minimum Gasteiger partial charge on any atom is -0.466 e. The van der Waals surface area contributed by atoms with Crippen molar-refractivity contribution in [1.82, 2.24) is 9.55 Å². The molecule has 0 unspecified atom stereocenters. The van der Waals surface area contributed by atoms with Gasteiger partial charge in [0.25, 0.3) is 0 Å². The fourth-order valence-corrected chi connectivity index (χ4v) is 2.59. The Morgan fingerprint density at radius 1 is 1.32 bits per heavy atom. The highest BCUT2D eigenvalue weighted by Gasteiger charge is 2.26. The number of hydrogen-bond donors (Lipinski definition) is 0. The number of aromatic nitrogens is 2. The van der Waals surface area contributed by atoms with Crippen LogP contribution in [0.1, 0.15) is 44.6 Å². The van der Waals surface area contributed by atoms with E-state index >= 15 is 0 Å². The number of carbonyl (C=O) groups excluding carboxylic acids is 2. The molecule has 2 aromatic heterocycles. The summed E-state index contributed by atoms with van der Waals surface area (Å²) in [6.07, 6.45) is 1.01. The molecule has 25 heavy (non-hydrogen) atoms. The molecule has 0 saturated carbocycles. The number of rotatable bonds is 4. The third-order valence-electron chi connectivity index (χ3n) is 3.49. The summed E-state index contributed by atoms with van der Waals surface area (Å²) < 4.78 is 12.0. The first-order chi connectivity index (χ1) is 11.7. The first-order valence-electron chi connectivity index (χ1n) is 8.20. The van der Waals surface area contributed by atoms with E-state index in [1.165, 1.54) is 10.6 Å². The molecule has 0 aromatic carbocycles. The predicted molar refractivity (Wildman–Crippen MR) is 96.5 cm³/mol. The van der Waals surface area contributed by atoms with Crippen LogP contribution in [0.5, 0.6) is 0 Å². The van der Waals surface area contributed by atoms with E-state index in [0.29, 0.717) is 28.9 Å². The van der Waals surface area contributed by atoms with Gasteiger partial charge in [0.15, 0.2) is 0 Å². The maximum absolute atomic E-state index is 12.7. The minimum absolute atomic E-state index is 0.0118. The van der Waals surface area contributed by atoms with Gasteiger partial charge in [0.2, 0.25) is 0 Å². The summed E-state index contributed by atoms with van der Waals surface area (Å²) in [7, 11) is 0. The number of ether oxygens (including phenoxy) is 2. The van der Waals surface area contributed by atoms with Crippen molar-refractivity contribution in [3.63, 3.8) is 0 Å². The average molecular weight is 344 g/mol. The lowest BCUT2D eigenvalue weighted by Crippen LogP contribution is -2.27. The molecule has 0 saturated heterocycles. The van der Waals surface area contributed by atoms with E-state index in [4.69, 9.17) is 9.47 Å². The van der Waals surface area contributed by atoms with Crippen molar-refractivity contribution in [2.24, 2.45) is 0 Å². The average Bonchev–Trinajstić information content (AvgIpc) is 2.79. The Kier molecular flexibility index (Phi) is 5.30. The number of nitrogens with zero attached hydrogens (tertiary/aromatic N) is 2. The second-order valence-corrected chi connectivity index (χ2v) is 6.69. The standard InChI is InChI=1S/C19H24N2O4/c1-7-14-13(11-16(22)24-8-2)17-15(10-9-12(3)20-17)21(14)18(23)25-19(4,5)6/h7,9-10H,1,8,11H2,2-6H3. The van der Waals surface area contributed by atoms with Crippen LogP contribution in [0.2, 0.25) is 0 Å². The topological polar surface area (TPSA) is 70.4 Å². The highest BCUT2D eigenvalue weighted by atomic mass is 16.6. The quantitative estimate of drug-likeness (QED) is 0.787. The van der Waals surface area contributed by atoms with Gasteiger partial charge in [-0.2, -0.15) is 0 Å². The Labute approximate surface area is 147 Å². The van der Waals surface area contributed by atoms with Gasteiger partial charge in [-0.3, -0.25) is 9.78 Å². The van der Waals surface area contributed by atoms with Gasteiger partial charge in [0.05, 0.1) is 29.8 Å². The van der Waals surface area contributed by atoms with Crippen LogP contribution in [0.3, 0.4) is 0 Å². The molecule has 0 aliphatic carbocycles. The molecule has 0 radical (unpaired) electrons. The van der Waals surface area contributed by atoms with Gasteiger partial charge in [-0.05, 0) is 52.8 Å². The Bertz CT molecular complexity index is 828. The summed E-state index contributed by atoms with van der Waals surface area (Å²) in [5, 5.41) is 0. The Balaban J connectivity index is 2.67. The van der Waals surface area contributed by atoms with Crippen molar-refractivity contribution < 1.29 is 19.1 Å². The summed E-state index contributed by atoms with van der Waals surface area (Å²) in [5.74, 6) is -0.378. The molecule has 134 valence electrons. The molecule has 0 fully saturated rings. The number of hydrogen-bond acceptors (Lipinski definition) is 5. The molecule has 0 aliphatic rings. The van der Waals surface area contributed by atoms with Crippen LogP contribution in [-0.4, -0.2) is 33.8 Å². The monoisotopic (exact) mass is 344 g/mol. The fourth-order valence-electron chi connectivity index (χ4n) is 2.59. The highest BCUT2D eigenvalue weighted by molar-refractivity contribution is 5.96. The number of carbonyl (C=O) groups is 2. The van der Waals surface area contributed by atoms with Gasteiger partial charge in [-0.15, -0.1) is 0 Å². The maximum Gasteiger partial charge on any atom is 0.419 e. The minimum atomic E-state index is -0.647. The van der Waals surface area contributed by atoms with Crippen molar-refractivity contribution in [1.29, 1.82) is 0 Å². The zero-order valence-electron chi connectivity index (χ0n) is 15.4. The van der Waals surface area contributed by atoms with Gasteiger partial charge < -0.3 is 9.47 Å². The lowest BCUT2D eigenvalue weighted by Gasteiger charge is -2.20. The molecule has 6 nitrogen and oxygen atoms in total. The first-order valence-corrected chi connectivity index (χ1v) is 8.20. The number of aryl methyl sites for hydroxylation is 1. The van der Waals surface area contributed by atoms with Gasteiger partial charge in [-0.25, -0.2) is 9.36 Å². The largest absolute Gasteiger partial charge is 0.466 e. The smallest absolute Gasteiger partial charge is 0.419 e. The second kappa shape index (κ2) is 7.09. The molecule has 0 atom stereocenters. The third-order valence-corrected chi connectivity index (χ3v) is 3.49. The van der Waals surface area contributed by atoms with Crippen LogP contribution in [-0.2, 0) is 20.7 Å². The molecule has 0 aliphatic heterocycles. The zero-order chi connectivity index (χ0) is 18.8. The Hall–Kier alpha value is -2.63. The zero-order valence-corrected chi connectivity index (χ0v) is 15.4. The van der Waals surface area contributed by atoms with Crippen LogP contribution in [0, 0.1) is 6.92 Å².